The normalized spacial score (nSPS) is 10.0. The van der Waals surface area contributed by atoms with Crippen LogP contribution in [-0.4, -0.2) is 3.98 Å². The molecule has 0 fully saturated rings. The average Bonchev–Trinajstić information content (AvgIpc) is 1.30. The molecule has 0 spiro atoms. The molecule has 0 saturated carbocycles. The van der Waals surface area contributed by atoms with Crippen LogP contribution in [0.5, 0.6) is 0 Å². The fraction of sp³-hybridized carbons (Fsp3) is 0.500. The zero-order valence-electron chi connectivity index (χ0n) is 2.99. The molecular formula is C2Cl3NO. The lowest BCUT2D eigenvalue weighted by Crippen LogP contribution is -2.02. The first-order valence-corrected chi connectivity index (χ1v) is 2.33. The molecule has 0 heterocycles. The van der Waals surface area contributed by atoms with Gasteiger partial charge in [-0.25, -0.2) is 0 Å². The predicted molar refractivity (Wildman–Crippen MR) is 27.0 cm³/mol. The fourth-order valence-electron chi connectivity index (χ4n) is 0.0518. The molecule has 7 heavy (non-hydrogen) atoms. The van der Waals surface area contributed by atoms with E-state index in [1.807, 2.05) is 0 Å². The van der Waals surface area contributed by atoms with Gasteiger partial charge in [-0.15, -0.1) is 0 Å². The number of nitriles is 1. The number of hydrogen-bond acceptors (Lipinski definition) is 2. The van der Waals surface area contributed by atoms with Crippen LogP contribution in [0.1, 0.15) is 0 Å². The Labute approximate surface area is 55.5 Å². The van der Waals surface area contributed by atoms with Crippen LogP contribution in [0.25, 0.3) is 0 Å². The third-order valence-corrected chi connectivity index (χ3v) is 0.393. The van der Waals surface area contributed by atoms with Crippen molar-refractivity contribution in [2.45, 2.75) is 3.98 Å². The summed E-state index contributed by atoms with van der Waals surface area (Å²) in [4.78, 5) is 0. The van der Waals surface area contributed by atoms with E-state index in [1.165, 1.54) is 6.26 Å². The van der Waals surface area contributed by atoms with Crippen molar-refractivity contribution in [3.8, 4) is 6.26 Å². The molecule has 0 aliphatic carbocycles. The van der Waals surface area contributed by atoms with Crippen LogP contribution in [0, 0.1) is 11.5 Å². The topological polar surface area (TPSA) is 33.0 Å². The summed E-state index contributed by atoms with van der Waals surface area (Å²) in [5, 5.41) is 7.68. The van der Waals surface area contributed by atoms with Gasteiger partial charge in [0, 0.05) is 0 Å². The van der Waals surface area contributed by atoms with Crippen molar-refractivity contribution in [2.75, 3.05) is 0 Å². The lowest BCUT2D eigenvalue weighted by molar-refractivity contribution is 0.271. The number of alkyl halides is 3. The summed E-state index contributed by atoms with van der Waals surface area (Å²) in [7, 11) is 0. The average molecular weight is 160 g/mol. The van der Waals surface area contributed by atoms with Crippen LogP contribution in [0.2, 0.25) is 0 Å². The van der Waals surface area contributed by atoms with Crippen molar-refractivity contribution >= 4 is 34.8 Å². The van der Waals surface area contributed by atoms with Gasteiger partial charge in [0.05, 0.1) is 0 Å². The minimum Gasteiger partial charge on any atom is -0.373 e. The third kappa shape index (κ3) is 6.16. The molecule has 0 atom stereocenters. The van der Waals surface area contributed by atoms with Gasteiger partial charge < -0.3 is 4.74 Å². The van der Waals surface area contributed by atoms with E-state index < -0.39 is 3.98 Å². The minimum absolute atomic E-state index is 1.21. The van der Waals surface area contributed by atoms with Gasteiger partial charge in [0.15, 0.2) is 0 Å². The largest absolute Gasteiger partial charge is 0.373 e. The molecule has 0 bridgehead atoms. The lowest BCUT2D eigenvalue weighted by Gasteiger charge is -2.02. The Hall–Kier alpha value is 0.160. The first kappa shape index (κ1) is 7.16. The SMILES string of the molecule is N#COC(Cl)(Cl)Cl. The number of rotatable bonds is 0. The van der Waals surface area contributed by atoms with E-state index >= 15 is 0 Å². The van der Waals surface area contributed by atoms with Crippen LogP contribution < -0.4 is 0 Å². The molecule has 0 rings (SSSR count). The molecule has 0 aromatic rings. The van der Waals surface area contributed by atoms with E-state index in [0.29, 0.717) is 0 Å². The van der Waals surface area contributed by atoms with Gasteiger partial charge in [0.2, 0.25) is 0 Å². The molecule has 0 aliphatic rings. The van der Waals surface area contributed by atoms with Crippen molar-refractivity contribution in [1.29, 1.82) is 5.26 Å². The highest BCUT2D eigenvalue weighted by Gasteiger charge is 2.20. The summed E-state index contributed by atoms with van der Waals surface area (Å²) in [5.41, 5.74) is 0. The van der Waals surface area contributed by atoms with Gasteiger partial charge in [0.25, 0.3) is 6.26 Å². The van der Waals surface area contributed by atoms with Crippen molar-refractivity contribution in [3.05, 3.63) is 0 Å². The first-order valence-electron chi connectivity index (χ1n) is 1.20. The first-order chi connectivity index (χ1) is 3.06. The summed E-state index contributed by atoms with van der Waals surface area (Å²) in [6.07, 6.45) is 1.21. The van der Waals surface area contributed by atoms with E-state index in [9.17, 15) is 0 Å². The standard InChI is InChI=1S/C2Cl3NO/c3-2(4,5)7-1-6. The number of nitrogens with zero attached hydrogens (tertiary/aromatic N) is 1. The Morgan fingerprint density at radius 3 is 1.86 bits per heavy atom. The molecule has 2 nitrogen and oxygen atoms in total. The second-order valence-corrected chi connectivity index (χ2v) is 2.82. The van der Waals surface area contributed by atoms with Crippen LogP contribution in [0.4, 0.5) is 0 Å². The summed E-state index contributed by atoms with van der Waals surface area (Å²) in [6, 6.07) is 0. The summed E-state index contributed by atoms with van der Waals surface area (Å²) in [5.74, 6) is 0. The van der Waals surface area contributed by atoms with Crippen molar-refractivity contribution in [1.82, 2.24) is 0 Å². The molecular weight excluding hydrogens is 160 g/mol. The maximum Gasteiger partial charge on any atom is 0.349 e. The molecule has 0 aromatic heterocycles. The molecule has 0 unspecified atom stereocenters. The molecule has 0 radical (unpaired) electrons. The molecule has 0 saturated heterocycles. The highest BCUT2D eigenvalue weighted by molar-refractivity contribution is 6.66. The van der Waals surface area contributed by atoms with Crippen LogP contribution in [0.15, 0.2) is 0 Å². The van der Waals surface area contributed by atoms with E-state index in [4.69, 9.17) is 40.1 Å². The van der Waals surface area contributed by atoms with Crippen LogP contribution >= 0.6 is 34.8 Å². The Balaban J connectivity index is 3.40. The Bertz CT molecular complexity index is 90.1. The highest BCUT2D eigenvalue weighted by Crippen LogP contribution is 2.26. The van der Waals surface area contributed by atoms with Crippen molar-refractivity contribution < 1.29 is 4.74 Å². The number of halogens is 3. The van der Waals surface area contributed by atoms with Gasteiger partial charge in [0.1, 0.15) is 0 Å². The predicted octanol–water partition coefficient (Wildman–Crippen LogP) is 1.81. The minimum atomic E-state index is -1.89. The maximum absolute atomic E-state index is 7.68. The highest BCUT2D eigenvalue weighted by atomic mass is 35.6. The quantitative estimate of drug-likeness (QED) is 0.400. The van der Waals surface area contributed by atoms with Crippen molar-refractivity contribution in [2.24, 2.45) is 0 Å². The molecule has 0 amide bonds. The second kappa shape index (κ2) is 2.46. The Morgan fingerprint density at radius 2 is 1.86 bits per heavy atom. The lowest BCUT2D eigenvalue weighted by atomic mass is 11.4. The molecule has 5 heteroatoms. The van der Waals surface area contributed by atoms with E-state index in [2.05, 4.69) is 4.74 Å². The van der Waals surface area contributed by atoms with Crippen LogP contribution in [-0.2, 0) is 4.74 Å². The molecule has 0 aliphatic heterocycles. The third-order valence-electron chi connectivity index (χ3n) is 0.161. The maximum atomic E-state index is 7.68. The zero-order valence-corrected chi connectivity index (χ0v) is 5.26. The molecule has 0 aromatic carbocycles. The van der Waals surface area contributed by atoms with Gasteiger partial charge in [-0.1, -0.05) is 0 Å². The van der Waals surface area contributed by atoms with E-state index in [1.54, 1.807) is 0 Å². The van der Waals surface area contributed by atoms with Gasteiger partial charge in [-0.05, 0) is 34.8 Å². The second-order valence-electron chi connectivity index (χ2n) is 0.639. The van der Waals surface area contributed by atoms with Crippen molar-refractivity contribution in [3.63, 3.8) is 0 Å². The Morgan fingerprint density at radius 1 is 1.43 bits per heavy atom. The number of ether oxygens (including phenoxy) is 1. The van der Waals surface area contributed by atoms with Gasteiger partial charge in [-0.2, -0.15) is 5.26 Å². The summed E-state index contributed by atoms with van der Waals surface area (Å²) in [6.45, 7) is 0. The van der Waals surface area contributed by atoms with Gasteiger partial charge >= 0.3 is 3.98 Å². The summed E-state index contributed by atoms with van der Waals surface area (Å²) < 4.78 is 1.94. The van der Waals surface area contributed by atoms with E-state index in [-0.39, 0.29) is 0 Å². The van der Waals surface area contributed by atoms with E-state index in [0.717, 1.165) is 0 Å². The van der Waals surface area contributed by atoms with Gasteiger partial charge in [-0.3, -0.25) is 0 Å². The number of hydrogen-bond donors (Lipinski definition) is 0. The molecule has 40 valence electrons. The summed E-state index contributed by atoms with van der Waals surface area (Å²) >= 11 is 14.8. The zero-order chi connectivity index (χ0) is 5.91. The fourth-order valence-corrected chi connectivity index (χ4v) is 0.155. The van der Waals surface area contributed by atoms with Crippen LogP contribution in [0.3, 0.4) is 0 Å². The Kier molecular flexibility index (Phi) is 2.52. The smallest absolute Gasteiger partial charge is 0.349 e. The monoisotopic (exact) mass is 159 g/mol. The molecule has 0 N–H and O–H groups in total.